The summed E-state index contributed by atoms with van der Waals surface area (Å²) >= 11 is 0. The van der Waals surface area contributed by atoms with E-state index in [4.69, 9.17) is 5.73 Å². The molecule has 88 valence electrons. The fraction of sp³-hybridized carbons (Fsp3) is 1.00. The molecule has 2 fully saturated rings. The average Bonchev–Trinajstić information content (AvgIpc) is 3.04. The second-order valence-corrected chi connectivity index (χ2v) is 5.59. The van der Waals surface area contributed by atoms with Crippen LogP contribution >= 0.6 is 0 Å². The lowest BCUT2D eigenvalue weighted by atomic mass is 10.0. The summed E-state index contributed by atoms with van der Waals surface area (Å²) in [6.45, 7) is 5.84. The van der Waals surface area contributed by atoms with Gasteiger partial charge in [0, 0.05) is 12.6 Å². The van der Waals surface area contributed by atoms with Crippen LogP contribution in [0.1, 0.15) is 51.9 Å². The molecule has 2 aliphatic rings. The summed E-state index contributed by atoms with van der Waals surface area (Å²) in [5.41, 5.74) is 6.41. The van der Waals surface area contributed by atoms with Crippen molar-refractivity contribution in [3.63, 3.8) is 0 Å². The Hall–Kier alpha value is -0.0800. The van der Waals surface area contributed by atoms with Gasteiger partial charge < -0.3 is 5.73 Å². The van der Waals surface area contributed by atoms with Crippen LogP contribution in [0.15, 0.2) is 0 Å². The van der Waals surface area contributed by atoms with Crippen molar-refractivity contribution in [1.29, 1.82) is 0 Å². The van der Waals surface area contributed by atoms with Crippen molar-refractivity contribution in [3.05, 3.63) is 0 Å². The van der Waals surface area contributed by atoms with Gasteiger partial charge in [-0.1, -0.05) is 19.8 Å². The van der Waals surface area contributed by atoms with Crippen LogP contribution in [0.25, 0.3) is 0 Å². The SMILES string of the molecule is CCC1CCCCCN1CC1(CN)CC1. The van der Waals surface area contributed by atoms with Crippen molar-refractivity contribution in [2.45, 2.75) is 57.9 Å². The zero-order valence-corrected chi connectivity index (χ0v) is 10.2. The van der Waals surface area contributed by atoms with Crippen molar-refractivity contribution in [2.75, 3.05) is 19.6 Å². The third-order valence-corrected chi connectivity index (χ3v) is 4.40. The molecule has 1 saturated carbocycles. The fourth-order valence-electron chi connectivity index (χ4n) is 2.94. The molecule has 1 atom stereocenters. The average molecular weight is 210 g/mol. The summed E-state index contributed by atoms with van der Waals surface area (Å²) in [5, 5.41) is 0. The lowest BCUT2D eigenvalue weighted by Crippen LogP contribution is -2.40. The molecule has 0 amide bonds. The standard InChI is InChI=1S/C13H26N2/c1-2-12-6-4-3-5-9-15(12)11-13(10-14)7-8-13/h12H,2-11,14H2,1H3. The van der Waals surface area contributed by atoms with Gasteiger partial charge in [0.05, 0.1) is 0 Å². The van der Waals surface area contributed by atoms with E-state index in [1.165, 1.54) is 58.0 Å². The largest absolute Gasteiger partial charge is 0.330 e. The fourth-order valence-corrected chi connectivity index (χ4v) is 2.94. The Morgan fingerprint density at radius 3 is 2.67 bits per heavy atom. The zero-order valence-electron chi connectivity index (χ0n) is 10.2. The molecule has 1 aliphatic heterocycles. The van der Waals surface area contributed by atoms with E-state index in [2.05, 4.69) is 11.8 Å². The normalized spacial score (nSPS) is 31.2. The molecule has 2 nitrogen and oxygen atoms in total. The molecule has 0 aromatic rings. The molecule has 0 spiro atoms. The number of hydrogen-bond acceptors (Lipinski definition) is 2. The van der Waals surface area contributed by atoms with Crippen molar-refractivity contribution in [2.24, 2.45) is 11.1 Å². The molecule has 1 saturated heterocycles. The summed E-state index contributed by atoms with van der Waals surface area (Å²) in [7, 11) is 0. The highest BCUT2D eigenvalue weighted by Crippen LogP contribution is 2.45. The monoisotopic (exact) mass is 210 g/mol. The maximum atomic E-state index is 5.89. The van der Waals surface area contributed by atoms with E-state index in [0.29, 0.717) is 5.41 Å². The number of nitrogens with zero attached hydrogens (tertiary/aromatic N) is 1. The highest BCUT2D eigenvalue weighted by atomic mass is 15.2. The Bertz CT molecular complexity index is 199. The van der Waals surface area contributed by atoms with Crippen molar-refractivity contribution >= 4 is 0 Å². The van der Waals surface area contributed by atoms with Crippen LogP contribution in [0.4, 0.5) is 0 Å². The van der Waals surface area contributed by atoms with Gasteiger partial charge >= 0.3 is 0 Å². The van der Waals surface area contributed by atoms with E-state index < -0.39 is 0 Å². The molecule has 0 bridgehead atoms. The first kappa shape index (κ1) is 11.4. The van der Waals surface area contributed by atoms with Crippen LogP contribution in [-0.2, 0) is 0 Å². The van der Waals surface area contributed by atoms with Gasteiger partial charge in [-0.15, -0.1) is 0 Å². The zero-order chi connectivity index (χ0) is 10.7. The first-order valence-electron chi connectivity index (χ1n) is 6.74. The lowest BCUT2D eigenvalue weighted by molar-refractivity contribution is 0.158. The summed E-state index contributed by atoms with van der Waals surface area (Å²) in [5.74, 6) is 0. The minimum atomic E-state index is 0.526. The van der Waals surface area contributed by atoms with E-state index in [0.717, 1.165) is 12.6 Å². The number of nitrogens with two attached hydrogens (primary N) is 1. The first-order chi connectivity index (χ1) is 7.29. The minimum absolute atomic E-state index is 0.526. The lowest BCUT2D eigenvalue weighted by Gasteiger charge is -2.32. The van der Waals surface area contributed by atoms with Crippen LogP contribution in [0.5, 0.6) is 0 Å². The molecule has 1 aliphatic carbocycles. The number of rotatable bonds is 4. The molecule has 2 rings (SSSR count). The molecule has 1 heterocycles. The number of likely N-dealkylation sites (tertiary alicyclic amines) is 1. The quantitative estimate of drug-likeness (QED) is 0.772. The Morgan fingerprint density at radius 1 is 1.27 bits per heavy atom. The van der Waals surface area contributed by atoms with Gasteiger partial charge in [-0.05, 0) is 50.6 Å². The van der Waals surface area contributed by atoms with Gasteiger partial charge in [0.15, 0.2) is 0 Å². The molecule has 2 N–H and O–H groups in total. The van der Waals surface area contributed by atoms with E-state index in [9.17, 15) is 0 Å². The van der Waals surface area contributed by atoms with Crippen molar-refractivity contribution in [1.82, 2.24) is 4.90 Å². The van der Waals surface area contributed by atoms with Crippen LogP contribution in [0.2, 0.25) is 0 Å². The molecule has 1 unspecified atom stereocenters. The number of hydrogen-bond donors (Lipinski definition) is 1. The maximum Gasteiger partial charge on any atom is 0.00928 e. The third kappa shape index (κ3) is 2.73. The molecule has 15 heavy (non-hydrogen) atoms. The molecular formula is C13H26N2. The van der Waals surface area contributed by atoms with E-state index in [1.54, 1.807) is 0 Å². The summed E-state index contributed by atoms with van der Waals surface area (Å²) in [6, 6.07) is 0.844. The van der Waals surface area contributed by atoms with Crippen LogP contribution in [0.3, 0.4) is 0 Å². The highest BCUT2D eigenvalue weighted by Gasteiger charge is 2.43. The highest BCUT2D eigenvalue weighted by molar-refractivity contribution is 4.97. The van der Waals surface area contributed by atoms with E-state index in [-0.39, 0.29) is 0 Å². The van der Waals surface area contributed by atoms with Gasteiger partial charge in [0.1, 0.15) is 0 Å². The van der Waals surface area contributed by atoms with Crippen molar-refractivity contribution in [3.8, 4) is 0 Å². The first-order valence-corrected chi connectivity index (χ1v) is 6.74. The maximum absolute atomic E-state index is 5.89. The summed E-state index contributed by atoms with van der Waals surface area (Å²) < 4.78 is 0. The van der Waals surface area contributed by atoms with Crippen LogP contribution in [0, 0.1) is 5.41 Å². The summed E-state index contributed by atoms with van der Waals surface area (Å²) in [6.07, 6.45) is 9.75. The Balaban J connectivity index is 1.91. The van der Waals surface area contributed by atoms with Gasteiger partial charge in [0.25, 0.3) is 0 Å². The van der Waals surface area contributed by atoms with E-state index in [1.807, 2.05) is 0 Å². The summed E-state index contributed by atoms with van der Waals surface area (Å²) in [4.78, 5) is 2.74. The molecular weight excluding hydrogens is 184 g/mol. The van der Waals surface area contributed by atoms with E-state index >= 15 is 0 Å². The Labute approximate surface area is 94.2 Å². The van der Waals surface area contributed by atoms with Crippen molar-refractivity contribution < 1.29 is 0 Å². The Morgan fingerprint density at radius 2 is 2.07 bits per heavy atom. The van der Waals surface area contributed by atoms with Gasteiger partial charge in [-0.3, -0.25) is 4.90 Å². The second-order valence-electron chi connectivity index (χ2n) is 5.59. The molecule has 0 aromatic carbocycles. The predicted molar refractivity (Wildman–Crippen MR) is 64.8 cm³/mol. The molecule has 2 heteroatoms. The molecule has 0 aromatic heterocycles. The Kier molecular flexibility index (Phi) is 3.68. The van der Waals surface area contributed by atoms with Gasteiger partial charge in [-0.25, -0.2) is 0 Å². The van der Waals surface area contributed by atoms with Gasteiger partial charge in [-0.2, -0.15) is 0 Å². The van der Waals surface area contributed by atoms with Crippen LogP contribution in [-0.4, -0.2) is 30.6 Å². The molecule has 0 radical (unpaired) electrons. The van der Waals surface area contributed by atoms with Gasteiger partial charge in [0.2, 0.25) is 0 Å². The van der Waals surface area contributed by atoms with Crippen LogP contribution < -0.4 is 5.73 Å². The predicted octanol–water partition coefficient (Wildman–Crippen LogP) is 2.38. The smallest absolute Gasteiger partial charge is 0.00928 e. The third-order valence-electron chi connectivity index (χ3n) is 4.40. The topological polar surface area (TPSA) is 29.3 Å². The minimum Gasteiger partial charge on any atom is -0.330 e. The second kappa shape index (κ2) is 4.84.